The van der Waals surface area contributed by atoms with Crippen molar-refractivity contribution in [2.75, 3.05) is 53.0 Å². The van der Waals surface area contributed by atoms with E-state index in [1.54, 1.807) is 15.7 Å². The van der Waals surface area contributed by atoms with E-state index in [0.29, 0.717) is 50.7 Å². The highest BCUT2D eigenvalue weighted by atomic mass is 32.2. The standard InChI is InChI=1S/C15H31N3O3S/c1-13-9-14(2)11-18(10-13)22(19,20)17-7-5-16(6-8-17)15(3)12-21-4/h13-15H,5-12H2,1-4H3. The fourth-order valence-electron chi connectivity index (χ4n) is 3.68. The van der Waals surface area contributed by atoms with Gasteiger partial charge in [-0.25, -0.2) is 0 Å². The molecule has 3 unspecified atom stereocenters. The number of piperazine rings is 1. The maximum absolute atomic E-state index is 12.8. The molecule has 0 amide bonds. The molecule has 3 atom stereocenters. The van der Waals surface area contributed by atoms with Crippen molar-refractivity contribution >= 4 is 10.2 Å². The van der Waals surface area contributed by atoms with Crippen LogP contribution in [0.15, 0.2) is 0 Å². The first kappa shape index (κ1) is 18.1. The van der Waals surface area contributed by atoms with Crippen LogP contribution in [-0.4, -0.2) is 81.0 Å². The highest BCUT2D eigenvalue weighted by Crippen LogP contribution is 2.25. The lowest BCUT2D eigenvalue weighted by Crippen LogP contribution is -2.56. The number of ether oxygens (including phenoxy) is 1. The number of nitrogens with zero attached hydrogens (tertiary/aromatic N) is 3. The first-order chi connectivity index (χ1) is 10.3. The zero-order valence-electron chi connectivity index (χ0n) is 14.4. The van der Waals surface area contributed by atoms with E-state index >= 15 is 0 Å². The van der Waals surface area contributed by atoms with Gasteiger partial charge in [-0.3, -0.25) is 4.90 Å². The number of rotatable bonds is 5. The van der Waals surface area contributed by atoms with E-state index in [9.17, 15) is 8.42 Å². The zero-order valence-corrected chi connectivity index (χ0v) is 15.2. The third-order valence-corrected chi connectivity index (χ3v) is 6.76. The smallest absolute Gasteiger partial charge is 0.282 e. The normalized spacial score (nSPS) is 31.3. The quantitative estimate of drug-likeness (QED) is 0.749. The summed E-state index contributed by atoms with van der Waals surface area (Å²) in [5.41, 5.74) is 0. The van der Waals surface area contributed by atoms with Crippen molar-refractivity contribution in [1.29, 1.82) is 0 Å². The number of piperidine rings is 1. The highest BCUT2D eigenvalue weighted by Gasteiger charge is 2.36. The second-order valence-corrected chi connectivity index (χ2v) is 8.94. The summed E-state index contributed by atoms with van der Waals surface area (Å²) in [6.07, 6.45) is 1.12. The molecule has 0 aromatic carbocycles. The van der Waals surface area contributed by atoms with E-state index in [1.165, 1.54) is 0 Å². The van der Waals surface area contributed by atoms with Gasteiger partial charge in [0.05, 0.1) is 6.61 Å². The molecule has 2 aliphatic heterocycles. The van der Waals surface area contributed by atoms with Gasteiger partial charge in [0.25, 0.3) is 10.2 Å². The largest absolute Gasteiger partial charge is 0.383 e. The average Bonchev–Trinajstić information content (AvgIpc) is 2.46. The van der Waals surface area contributed by atoms with Crippen molar-refractivity contribution in [3.05, 3.63) is 0 Å². The van der Waals surface area contributed by atoms with Gasteiger partial charge >= 0.3 is 0 Å². The number of methoxy groups -OCH3 is 1. The summed E-state index contributed by atoms with van der Waals surface area (Å²) in [6.45, 7) is 11.1. The van der Waals surface area contributed by atoms with E-state index in [0.717, 1.165) is 19.5 Å². The summed E-state index contributed by atoms with van der Waals surface area (Å²) in [5, 5.41) is 0. The zero-order chi connectivity index (χ0) is 16.3. The van der Waals surface area contributed by atoms with Crippen LogP contribution in [0, 0.1) is 11.8 Å². The van der Waals surface area contributed by atoms with Gasteiger partial charge in [0.15, 0.2) is 0 Å². The third-order valence-electron chi connectivity index (χ3n) is 4.79. The molecule has 2 rings (SSSR count). The monoisotopic (exact) mass is 333 g/mol. The van der Waals surface area contributed by atoms with Crippen molar-refractivity contribution in [2.24, 2.45) is 11.8 Å². The molecule has 130 valence electrons. The lowest BCUT2D eigenvalue weighted by molar-refractivity contribution is 0.0743. The van der Waals surface area contributed by atoms with Crippen LogP contribution in [0.25, 0.3) is 0 Å². The molecule has 0 bridgehead atoms. The summed E-state index contributed by atoms with van der Waals surface area (Å²) < 4.78 is 34.2. The van der Waals surface area contributed by atoms with Crippen molar-refractivity contribution in [3.63, 3.8) is 0 Å². The summed E-state index contributed by atoms with van der Waals surface area (Å²) in [5.74, 6) is 0.892. The predicted molar refractivity (Wildman–Crippen MR) is 87.9 cm³/mol. The summed E-state index contributed by atoms with van der Waals surface area (Å²) in [4.78, 5) is 2.30. The van der Waals surface area contributed by atoms with Crippen LogP contribution < -0.4 is 0 Å². The molecule has 0 radical (unpaired) electrons. The van der Waals surface area contributed by atoms with Crippen molar-refractivity contribution in [1.82, 2.24) is 13.5 Å². The molecule has 0 spiro atoms. The minimum Gasteiger partial charge on any atom is -0.383 e. The van der Waals surface area contributed by atoms with Crippen LogP contribution >= 0.6 is 0 Å². The van der Waals surface area contributed by atoms with E-state index in [2.05, 4.69) is 25.7 Å². The van der Waals surface area contributed by atoms with Crippen LogP contribution in [0.4, 0.5) is 0 Å². The molecule has 2 aliphatic rings. The van der Waals surface area contributed by atoms with Crippen LogP contribution in [-0.2, 0) is 14.9 Å². The Bertz CT molecular complexity index is 439. The SMILES string of the molecule is COCC(C)N1CCN(S(=O)(=O)N2CC(C)CC(C)C2)CC1. The molecule has 0 aliphatic carbocycles. The van der Waals surface area contributed by atoms with Crippen LogP contribution in [0.1, 0.15) is 27.2 Å². The van der Waals surface area contributed by atoms with Gasteiger partial charge in [0.2, 0.25) is 0 Å². The summed E-state index contributed by atoms with van der Waals surface area (Å²) >= 11 is 0. The van der Waals surface area contributed by atoms with Crippen LogP contribution in [0.3, 0.4) is 0 Å². The Balaban J connectivity index is 1.94. The van der Waals surface area contributed by atoms with Crippen LogP contribution in [0.5, 0.6) is 0 Å². The molecular formula is C15H31N3O3S. The molecule has 2 fully saturated rings. The van der Waals surface area contributed by atoms with Crippen molar-refractivity contribution in [2.45, 2.75) is 33.2 Å². The third kappa shape index (κ3) is 4.20. The van der Waals surface area contributed by atoms with E-state index < -0.39 is 10.2 Å². The van der Waals surface area contributed by atoms with Gasteiger partial charge < -0.3 is 4.74 Å². The van der Waals surface area contributed by atoms with Gasteiger partial charge in [-0.2, -0.15) is 17.0 Å². The molecule has 0 saturated carbocycles. The highest BCUT2D eigenvalue weighted by molar-refractivity contribution is 7.86. The molecule has 22 heavy (non-hydrogen) atoms. The van der Waals surface area contributed by atoms with E-state index in [1.807, 2.05) is 0 Å². The molecular weight excluding hydrogens is 302 g/mol. The Morgan fingerprint density at radius 1 is 1.05 bits per heavy atom. The molecule has 6 nitrogen and oxygen atoms in total. The fourth-order valence-corrected chi connectivity index (χ4v) is 5.52. The average molecular weight is 333 g/mol. The summed E-state index contributed by atoms with van der Waals surface area (Å²) in [6, 6.07) is 0.338. The van der Waals surface area contributed by atoms with Gasteiger partial charge in [0, 0.05) is 52.4 Å². The number of hydrogen-bond donors (Lipinski definition) is 0. The van der Waals surface area contributed by atoms with E-state index in [4.69, 9.17) is 4.74 Å². The predicted octanol–water partition coefficient (Wildman–Crippen LogP) is 0.862. The maximum atomic E-state index is 12.8. The Hall–Kier alpha value is -0.210. The Morgan fingerprint density at radius 3 is 2.09 bits per heavy atom. The first-order valence-corrected chi connectivity index (χ1v) is 9.72. The lowest BCUT2D eigenvalue weighted by atomic mass is 9.94. The Labute approximate surface area is 135 Å². The van der Waals surface area contributed by atoms with Crippen LogP contribution in [0.2, 0.25) is 0 Å². The Morgan fingerprint density at radius 2 is 1.59 bits per heavy atom. The van der Waals surface area contributed by atoms with Crippen molar-refractivity contribution in [3.8, 4) is 0 Å². The van der Waals surface area contributed by atoms with Gasteiger partial charge in [-0.05, 0) is 25.2 Å². The molecule has 0 aromatic heterocycles. The number of hydrogen-bond acceptors (Lipinski definition) is 4. The van der Waals surface area contributed by atoms with Gasteiger partial charge in [0.1, 0.15) is 0 Å². The maximum Gasteiger partial charge on any atom is 0.282 e. The topological polar surface area (TPSA) is 53.1 Å². The molecule has 2 heterocycles. The van der Waals surface area contributed by atoms with Gasteiger partial charge in [-0.15, -0.1) is 0 Å². The fraction of sp³-hybridized carbons (Fsp3) is 1.00. The minimum atomic E-state index is -3.30. The molecule has 7 heteroatoms. The lowest BCUT2D eigenvalue weighted by Gasteiger charge is -2.41. The molecule has 0 aromatic rings. The van der Waals surface area contributed by atoms with E-state index in [-0.39, 0.29) is 0 Å². The molecule has 2 saturated heterocycles. The Kier molecular flexibility index (Phi) is 6.24. The first-order valence-electron chi connectivity index (χ1n) is 8.32. The minimum absolute atomic E-state index is 0.338. The summed E-state index contributed by atoms with van der Waals surface area (Å²) in [7, 11) is -1.60. The molecule has 0 N–H and O–H groups in total. The second kappa shape index (κ2) is 7.57. The van der Waals surface area contributed by atoms with Crippen molar-refractivity contribution < 1.29 is 13.2 Å². The van der Waals surface area contributed by atoms with Gasteiger partial charge in [-0.1, -0.05) is 13.8 Å². The second-order valence-electron chi connectivity index (χ2n) is 7.01.